The molecule has 1 aliphatic heterocycles. The highest BCUT2D eigenvalue weighted by atomic mass is 16.6. The molecule has 0 bridgehead atoms. The highest BCUT2D eigenvalue weighted by Gasteiger charge is 2.33. The Hall–Kier alpha value is -1.46. The molecule has 116 valence electrons. The third-order valence-corrected chi connectivity index (χ3v) is 2.67. The van der Waals surface area contributed by atoms with Gasteiger partial charge in [0.25, 0.3) is 0 Å². The lowest BCUT2D eigenvalue weighted by Crippen LogP contribution is -2.54. The SMILES string of the molecule is CC(C)(C)NC(=O)NC1CCCN1C(=O)OC(C)(C)C. The molecule has 0 saturated carbocycles. The topological polar surface area (TPSA) is 70.7 Å². The molecule has 0 aliphatic carbocycles. The van der Waals surface area contributed by atoms with Gasteiger partial charge in [-0.05, 0) is 54.4 Å². The second-order valence-corrected chi connectivity index (χ2v) is 7.18. The maximum atomic E-state index is 12.1. The van der Waals surface area contributed by atoms with Gasteiger partial charge in [-0.1, -0.05) is 0 Å². The molecule has 0 aromatic carbocycles. The molecule has 1 aliphatic rings. The zero-order chi connectivity index (χ0) is 15.6. The van der Waals surface area contributed by atoms with Gasteiger partial charge in [-0.15, -0.1) is 0 Å². The molecule has 6 nitrogen and oxygen atoms in total. The summed E-state index contributed by atoms with van der Waals surface area (Å²) in [6.45, 7) is 11.8. The van der Waals surface area contributed by atoms with Gasteiger partial charge in [0.15, 0.2) is 0 Å². The summed E-state index contributed by atoms with van der Waals surface area (Å²) in [5.74, 6) is 0. The first-order valence-corrected chi connectivity index (χ1v) is 7.06. The van der Waals surface area contributed by atoms with E-state index in [9.17, 15) is 9.59 Å². The van der Waals surface area contributed by atoms with Gasteiger partial charge in [-0.2, -0.15) is 0 Å². The summed E-state index contributed by atoms with van der Waals surface area (Å²) in [5, 5.41) is 5.65. The minimum absolute atomic E-state index is 0.266. The third-order valence-electron chi connectivity index (χ3n) is 2.67. The zero-order valence-corrected chi connectivity index (χ0v) is 13.4. The monoisotopic (exact) mass is 285 g/mol. The van der Waals surface area contributed by atoms with Crippen LogP contribution in [0.15, 0.2) is 0 Å². The second kappa shape index (κ2) is 5.89. The molecule has 0 aromatic rings. The quantitative estimate of drug-likeness (QED) is 0.777. The van der Waals surface area contributed by atoms with Crippen molar-refractivity contribution in [2.75, 3.05) is 6.54 Å². The summed E-state index contributed by atoms with van der Waals surface area (Å²) in [5.41, 5.74) is -0.836. The minimum atomic E-state index is -0.530. The smallest absolute Gasteiger partial charge is 0.411 e. The lowest BCUT2D eigenvalue weighted by Gasteiger charge is -2.30. The molecule has 0 spiro atoms. The Morgan fingerprint density at radius 2 is 1.75 bits per heavy atom. The lowest BCUT2D eigenvalue weighted by atomic mass is 10.1. The van der Waals surface area contributed by atoms with Gasteiger partial charge in [-0.3, -0.25) is 4.90 Å². The van der Waals surface area contributed by atoms with Crippen molar-refractivity contribution in [1.82, 2.24) is 15.5 Å². The molecule has 20 heavy (non-hydrogen) atoms. The predicted molar refractivity (Wildman–Crippen MR) is 77.4 cm³/mol. The molecule has 2 N–H and O–H groups in total. The van der Waals surface area contributed by atoms with Gasteiger partial charge in [0.2, 0.25) is 0 Å². The van der Waals surface area contributed by atoms with E-state index in [0.29, 0.717) is 6.54 Å². The highest BCUT2D eigenvalue weighted by molar-refractivity contribution is 5.76. The van der Waals surface area contributed by atoms with Gasteiger partial charge in [0.1, 0.15) is 11.8 Å². The van der Waals surface area contributed by atoms with E-state index in [1.165, 1.54) is 0 Å². The predicted octanol–water partition coefficient (Wildman–Crippen LogP) is 2.44. The van der Waals surface area contributed by atoms with Crippen LogP contribution in [-0.4, -0.2) is 40.9 Å². The Labute approximate surface area is 121 Å². The van der Waals surface area contributed by atoms with Gasteiger partial charge >= 0.3 is 12.1 Å². The van der Waals surface area contributed by atoms with Crippen LogP contribution in [0.4, 0.5) is 9.59 Å². The average molecular weight is 285 g/mol. The first kappa shape index (κ1) is 16.6. The van der Waals surface area contributed by atoms with Gasteiger partial charge in [0.05, 0.1) is 0 Å². The van der Waals surface area contributed by atoms with Gasteiger partial charge in [0, 0.05) is 12.1 Å². The fraction of sp³-hybridized carbons (Fsp3) is 0.857. The summed E-state index contributed by atoms with van der Waals surface area (Å²) in [7, 11) is 0. The maximum Gasteiger partial charge on any atom is 0.411 e. The molecular weight excluding hydrogens is 258 g/mol. The minimum Gasteiger partial charge on any atom is -0.444 e. The molecule has 6 heteroatoms. The molecule has 1 heterocycles. The molecule has 1 rings (SSSR count). The van der Waals surface area contributed by atoms with Crippen molar-refractivity contribution in [2.45, 2.75) is 71.7 Å². The number of carbonyl (C=O) groups is 2. The van der Waals surface area contributed by atoms with Crippen molar-refractivity contribution in [3.05, 3.63) is 0 Å². The normalized spacial score (nSPS) is 19.7. The van der Waals surface area contributed by atoms with Crippen molar-refractivity contribution in [3.63, 3.8) is 0 Å². The van der Waals surface area contributed by atoms with E-state index in [4.69, 9.17) is 4.74 Å². The molecule has 0 aromatic heterocycles. The largest absolute Gasteiger partial charge is 0.444 e. The van der Waals surface area contributed by atoms with Crippen LogP contribution in [0.1, 0.15) is 54.4 Å². The van der Waals surface area contributed by atoms with E-state index in [1.54, 1.807) is 4.90 Å². The lowest BCUT2D eigenvalue weighted by molar-refractivity contribution is 0.0210. The van der Waals surface area contributed by atoms with Crippen molar-refractivity contribution in [2.24, 2.45) is 0 Å². The summed E-state index contributed by atoms with van der Waals surface area (Å²) >= 11 is 0. The summed E-state index contributed by atoms with van der Waals surface area (Å²) < 4.78 is 5.35. The van der Waals surface area contributed by atoms with Crippen LogP contribution in [0.2, 0.25) is 0 Å². The average Bonchev–Trinajstić information content (AvgIpc) is 2.59. The first-order chi connectivity index (χ1) is 8.98. The van der Waals surface area contributed by atoms with Gasteiger partial charge < -0.3 is 15.4 Å². The molecule has 1 saturated heterocycles. The molecular formula is C14H27N3O3. The van der Waals surface area contributed by atoms with Gasteiger partial charge in [-0.25, -0.2) is 9.59 Å². The molecule has 1 atom stereocenters. The van der Waals surface area contributed by atoms with Crippen molar-refractivity contribution in [3.8, 4) is 0 Å². The van der Waals surface area contributed by atoms with Crippen LogP contribution < -0.4 is 10.6 Å². The van der Waals surface area contributed by atoms with Crippen LogP contribution in [-0.2, 0) is 4.74 Å². The number of nitrogens with zero attached hydrogens (tertiary/aromatic N) is 1. The van der Waals surface area contributed by atoms with Crippen molar-refractivity contribution in [1.29, 1.82) is 0 Å². The van der Waals surface area contributed by atoms with E-state index in [0.717, 1.165) is 12.8 Å². The summed E-state index contributed by atoms with van der Waals surface area (Å²) in [6, 6.07) is -0.266. The number of hydrogen-bond acceptors (Lipinski definition) is 3. The number of rotatable bonds is 1. The fourth-order valence-corrected chi connectivity index (χ4v) is 1.98. The van der Waals surface area contributed by atoms with E-state index in [1.807, 2.05) is 41.5 Å². The Balaban J connectivity index is 2.57. The maximum absolute atomic E-state index is 12.1. The van der Waals surface area contributed by atoms with E-state index in [2.05, 4.69) is 10.6 Å². The summed E-state index contributed by atoms with van der Waals surface area (Å²) in [6.07, 6.45) is 0.930. The van der Waals surface area contributed by atoms with Crippen molar-refractivity contribution < 1.29 is 14.3 Å². The highest BCUT2D eigenvalue weighted by Crippen LogP contribution is 2.19. The van der Waals surface area contributed by atoms with Crippen LogP contribution in [0.3, 0.4) is 0 Å². The Kier molecular flexibility index (Phi) is 4.89. The Bertz CT molecular complexity index is 369. The third kappa shape index (κ3) is 5.67. The number of nitrogens with one attached hydrogen (secondary N) is 2. The molecule has 0 radical (unpaired) electrons. The molecule has 1 fully saturated rings. The zero-order valence-electron chi connectivity index (χ0n) is 13.4. The Morgan fingerprint density at radius 1 is 1.15 bits per heavy atom. The van der Waals surface area contributed by atoms with Crippen LogP contribution >= 0.6 is 0 Å². The standard InChI is InChI=1S/C14H27N3O3/c1-13(2,3)16-11(18)15-10-8-7-9-17(10)12(19)20-14(4,5)6/h10H,7-9H2,1-6H3,(H2,15,16,18). The molecule has 1 unspecified atom stereocenters. The first-order valence-electron chi connectivity index (χ1n) is 7.06. The van der Waals surface area contributed by atoms with Crippen LogP contribution in [0.5, 0.6) is 0 Å². The molecule has 3 amide bonds. The number of hydrogen-bond donors (Lipinski definition) is 2. The van der Waals surface area contributed by atoms with E-state index in [-0.39, 0.29) is 23.8 Å². The van der Waals surface area contributed by atoms with Crippen LogP contribution in [0.25, 0.3) is 0 Å². The van der Waals surface area contributed by atoms with E-state index >= 15 is 0 Å². The van der Waals surface area contributed by atoms with Crippen LogP contribution in [0, 0.1) is 0 Å². The number of amides is 3. The number of urea groups is 1. The fourth-order valence-electron chi connectivity index (χ4n) is 1.98. The number of carbonyl (C=O) groups excluding carboxylic acids is 2. The van der Waals surface area contributed by atoms with Crippen molar-refractivity contribution >= 4 is 12.1 Å². The Morgan fingerprint density at radius 3 is 2.25 bits per heavy atom. The number of likely N-dealkylation sites (tertiary alicyclic amines) is 1. The number of ether oxygens (including phenoxy) is 1. The summed E-state index contributed by atoms with van der Waals surface area (Å²) in [4.78, 5) is 25.5. The second-order valence-electron chi connectivity index (χ2n) is 7.18. The van der Waals surface area contributed by atoms with E-state index < -0.39 is 5.60 Å².